The molecule has 1 heterocycles. The maximum Gasteiger partial charge on any atom is 0.275 e. The Morgan fingerprint density at radius 3 is 2.75 bits per heavy atom. The van der Waals surface area contributed by atoms with Crippen LogP contribution in [0.25, 0.3) is 0 Å². The number of hydrogen-bond donors (Lipinski definition) is 1. The zero-order chi connectivity index (χ0) is 14.4. The van der Waals surface area contributed by atoms with Gasteiger partial charge in [0.25, 0.3) is 5.69 Å². The van der Waals surface area contributed by atoms with Gasteiger partial charge in [-0.3, -0.25) is 10.1 Å². The molecule has 0 amide bonds. The molecule has 0 radical (unpaired) electrons. The number of likely N-dealkylation sites (tertiary alicyclic amines) is 1. The van der Waals surface area contributed by atoms with E-state index in [1.807, 2.05) is 0 Å². The van der Waals surface area contributed by atoms with Crippen LogP contribution in [0.4, 0.5) is 5.69 Å². The Labute approximate surface area is 124 Å². The molecule has 5 nitrogen and oxygen atoms in total. The van der Waals surface area contributed by atoms with Crippen LogP contribution in [0.3, 0.4) is 0 Å². The summed E-state index contributed by atoms with van der Waals surface area (Å²) in [6.07, 6.45) is 3.90. The zero-order valence-corrected chi connectivity index (χ0v) is 12.2. The van der Waals surface area contributed by atoms with Crippen LogP contribution < -0.4 is 5.32 Å². The standard InChI is InChI=1S/C14H20ClN3O2/c15-13-5-4-12(14(10-13)18(19)20)11-16-6-9-17-7-2-1-3-8-17/h4-5,10,16H,1-3,6-9,11H2. The maximum atomic E-state index is 11.0. The van der Waals surface area contributed by atoms with Crippen molar-refractivity contribution in [2.45, 2.75) is 25.8 Å². The fourth-order valence-corrected chi connectivity index (χ4v) is 2.67. The number of nitrogens with zero attached hydrogens (tertiary/aromatic N) is 2. The van der Waals surface area contributed by atoms with Crippen molar-refractivity contribution >= 4 is 17.3 Å². The monoisotopic (exact) mass is 297 g/mol. The molecular weight excluding hydrogens is 278 g/mol. The third-order valence-electron chi connectivity index (χ3n) is 3.61. The first-order valence-corrected chi connectivity index (χ1v) is 7.40. The van der Waals surface area contributed by atoms with E-state index in [0.29, 0.717) is 17.1 Å². The summed E-state index contributed by atoms with van der Waals surface area (Å²) in [5.41, 5.74) is 0.765. The molecule has 1 saturated heterocycles. The van der Waals surface area contributed by atoms with Crippen molar-refractivity contribution in [3.63, 3.8) is 0 Å². The average Bonchev–Trinajstić information content (AvgIpc) is 2.45. The fraction of sp³-hybridized carbons (Fsp3) is 0.571. The summed E-state index contributed by atoms with van der Waals surface area (Å²) >= 11 is 5.79. The molecule has 0 aromatic heterocycles. The normalized spacial score (nSPS) is 16.2. The predicted molar refractivity (Wildman–Crippen MR) is 80.1 cm³/mol. The Kier molecular flexibility index (Phi) is 5.76. The Bertz CT molecular complexity index is 462. The quantitative estimate of drug-likeness (QED) is 0.498. The third kappa shape index (κ3) is 4.44. The summed E-state index contributed by atoms with van der Waals surface area (Å²) in [6, 6.07) is 4.81. The topological polar surface area (TPSA) is 58.4 Å². The van der Waals surface area contributed by atoms with E-state index in [0.717, 1.165) is 13.1 Å². The molecule has 20 heavy (non-hydrogen) atoms. The second kappa shape index (κ2) is 7.57. The molecule has 0 unspecified atom stereocenters. The minimum atomic E-state index is -0.381. The molecule has 1 aliphatic heterocycles. The van der Waals surface area contributed by atoms with E-state index < -0.39 is 0 Å². The Morgan fingerprint density at radius 2 is 2.05 bits per heavy atom. The lowest BCUT2D eigenvalue weighted by Crippen LogP contribution is -2.35. The van der Waals surface area contributed by atoms with Gasteiger partial charge in [0.15, 0.2) is 0 Å². The van der Waals surface area contributed by atoms with Gasteiger partial charge in [-0.05, 0) is 38.1 Å². The lowest BCUT2D eigenvalue weighted by atomic mass is 10.1. The number of hydrogen-bond acceptors (Lipinski definition) is 4. The molecule has 0 atom stereocenters. The van der Waals surface area contributed by atoms with Gasteiger partial charge in [-0.25, -0.2) is 0 Å². The van der Waals surface area contributed by atoms with E-state index in [-0.39, 0.29) is 10.6 Å². The van der Waals surface area contributed by atoms with E-state index in [9.17, 15) is 10.1 Å². The van der Waals surface area contributed by atoms with Crippen molar-refractivity contribution < 1.29 is 4.92 Å². The van der Waals surface area contributed by atoms with Crippen LogP contribution in [0.5, 0.6) is 0 Å². The third-order valence-corrected chi connectivity index (χ3v) is 3.85. The van der Waals surface area contributed by atoms with Crippen molar-refractivity contribution in [2.24, 2.45) is 0 Å². The van der Waals surface area contributed by atoms with Gasteiger partial charge >= 0.3 is 0 Å². The van der Waals surface area contributed by atoms with Crippen LogP contribution in [0.2, 0.25) is 5.02 Å². The largest absolute Gasteiger partial charge is 0.311 e. The van der Waals surface area contributed by atoms with Gasteiger partial charge in [-0.15, -0.1) is 0 Å². The summed E-state index contributed by atoms with van der Waals surface area (Å²) in [5, 5.41) is 14.6. The molecule has 110 valence electrons. The van der Waals surface area contributed by atoms with Gasteiger partial charge in [0, 0.05) is 36.3 Å². The number of nitro groups is 1. The molecule has 0 bridgehead atoms. The van der Waals surface area contributed by atoms with Crippen LogP contribution >= 0.6 is 11.6 Å². The van der Waals surface area contributed by atoms with Crippen molar-refractivity contribution in [1.29, 1.82) is 0 Å². The molecule has 1 fully saturated rings. The Balaban J connectivity index is 1.80. The first-order chi connectivity index (χ1) is 9.66. The first-order valence-electron chi connectivity index (χ1n) is 7.03. The second-order valence-electron chi connectivity index (χ2n) is 5.11. The summed E-state index contributed by atoms with van der Waals surface area (Å²) < 4.78 is 0. The molecule has 0 spiro atoms. The summed E-state index contributed by atoms with van der Waals surface area (Å²) in [5.74, 6) is 0. The number of nitro benzene ring substituents is 1. The van der Waals surface area contributed by atoms with Crippen LogP contribution in [0, 0.1) is 10.1 Å². The van der Waals surface area contributed by atoms with Crippen LogP contribution in [-0.2, 0) is 6.54 Å². The molecule has 2 rings (SSSR count). The zero-order valence-electron chi connectivity index (χ0n) is 11.5. The van der Waals surface area contributed by atoms with Crippen molar-refractivity contribution in [3.8, 4) is 0 Å². The molecule has 1 aromatic rings. The molecule has 6 heteroatoms. The van der Waals surface area contributed by atoms with Gasteiger partial charge in [-0.2, -0.15) is 0 Å². The van der Waals surface area contributed by atoms with Crippen LogP contribution in [0.1, 0.15) is 24.8 Å². The lowest BCUT2D eigenvalue weighted by molar-refractivity contribution is -0.385. The highest BCUT2D eigenvalue weighted by molar-refractivity contribution is 6.30. The van der Waals surface area contributed by atoms with Gasteiger partial charge in [-0.1, -0.05) is 18.0 Å². The number of benzene rings is 1. The minimum Gasteiger partial charge on any atom is -0.311 e. The van der Waals surface area contributed by atoms with Gasteiger partial charge in [0.1, 0.15) is 0 Å². The lowest BCUT2D eigenvalue weighted by Gasteiger charge is -2.26. The molecule has 0 saturated carbocycles. The van der Waals surface area contributed by atoms with Crippen molar-refractivity contribution in [3.05, 3.63) is 38.9 Å². The van der Waals surface area contributed by atoms with Gasteiger partial charge < -0.3 is 10.2 Å². The Hall–Kier alpha value is -1.17. The van der Waals surface area contributed by atoms with Crippen LogP contribution in [-0.4, -0.2) is 36.0 Å². The van der Waals surface area contributed by atoms with Crippen molar-refractivity contribution in [1.82, 2.24) is 10.2 Å². The smallest absolute Gasteiger partial charge is 0.275 e. The van der Waals surface area contributed by atoms with E-state index in [2.05, 4.69) is 10.2 Å². The fourth-order valence-electron chi connectivity index (χ4n) is 2.50. The van der Waals surface area contributed by atoms with Gasteiger partial charge in [0.05, 0.1) is 4.92 Å². The van der Waals surface area contributed by atoms with E-state index in [1.165, 1.54) is 38.4 Å². The molecule has 1 N–H and O–H groups in total. The predicted octanol–water partition coefficient (Wildman–Crippen LogP) is 2.82. The molecule has 1 aromatic carbocycles. The Morgan fingerprint density at radius 1 is 1.30 bits per heavy atom. The maximum absolute atomic E-state index is 11.0. The highest BCUT2D eigenvalue weighted by Crippen LogP contribution is 2.22. The van der Waals surface area contributed by atoms with E-state index in [1.54, 1.807) is 12.1 Å². The average molecular weight is 298 g/mol. The minimum absolute atomic E-state index is 0.0861. The van der Waals surface area contributed by atoms with E-state index in [4.69, 9.17) is 11.6 Å². The van der Waals surface area contributed by atoms with E-state index >= 15 is 0 Å². The second-order valence-corrected chi connectivity index (χ2v) is 5.55. The van der Waals surface area contributed by atoms with Crippen LogP contribution in [0.15, 0.2) is 18.2 Å². The number of nitrogens with one attached hydrogen (secondary N) is 1. The summed E-state index contributed by atoms with van der Waals surface area (Å²) in [4.78, 5) is 13.0. The summed E-state index contributed by atoms with van der Waals surface area (Å²) in [7, 11) is 0. The highest BCUT2D eigenvalue weighted by Gasteiger charge is 2.14. The highest BCUT2D eigenvalue weighted by atomic mass is 35.5. The number of rotatable bonds is 6. The number of piperidine rings is 1. The first kappa shape index (κ1) is 15.2. The molecular formula is C14H20ClN3O2. The summed E-state index contributed by atoms with van der Waals surface area (Å²) in [6.45, 7) is 4.69. The molecule has 0 aliphatic carbocycles. The van der Waals surface area contributed by atoms with Crippen molar-refractivity contribution in [2.75, 3.05) is 26.2 Å². The SMILES string of the molecule is O=[N+]([O-])c1cc(Cl)ccc1CNCCN1CCCCC1. The van der Waals surface area contributed by atoms with Gasteiger partial charge in [0.2, 0.25) is 0 Å². The number of halogens is 1. The molecule has 1 aliphatic rings.